The van der Waals surface area contributed by atoms with Gasteiger partial charge in [-0.25, -0.2) is 4.98 Å². The summed E-state index contributed by atoms with van der Waals surface area (Å²) in [6.45, 7) is 0. The summed E-state index contributed by atoms with van der Waals surface area (Å²) in [6, 6.07) is 29.7. The van der Waals surface area contributed by atoms with Gasteiger partial charge in [-0.2, -0.15) is 5.26 Å². The first-order chi connectivity index (χ1) is 12.8. The summed E-state index contributed by atoms with van der Waals surface area (Å²) in [4.78, 5) is 9.60. The van der Waals surface area contributed by atoms with Crippen molar-refractivity contribution >= 4 is 0 Å². The van der Waals surface area contributed by atoms with Crippen LogP contribution in [0.2, 0.25) is 0 Å². The van der Waals surface area contributed by atoms with E-state index in [0.29, 0.717) is 5.56 Å². The second-order valence-corrected chi connectivity index (χ2v) is 5.88. The van der Waals surface area contributed by atoms with Crippen LogP contribution in [0.25, 0.3) is 33.8 Å². The molecule has 0 atom stereocenters. The van der Waals surface area contributed by atoms with Gasteiger partial charge in [0.15, 0.2) is 0 Å². The smallest absolute Gasteiger partial charge is 0.0991 e. The maximum absolute atomic E-state index is 9.15. The molecular formula is C23H15N3. The van der Waals surface area contributed by atoms with Gasteiger partial charge in [0, 0.05) is 16.7 Å². The Morgan fingerprint density at radius 2 is 1.27 bits per heavy atom. The van der Waals surface area contributed by atoms with E-state index in [1.807, 2.05) is 78.9 Å². The highest BCUT2D eigenvalue weighted by molar-refractivity contribution is 5.79. The highest BCUT2D eigenvalue weighted by atomic mass is 14.8. The Hall–Kier alpha value is -3.77. The van der Waals surface area contributed by atoms with Crippen LogP contribution < -0.4 is 0 Å². The van der Waals surface area contributed by atoms with Crippen molar-refractivity contribution in [3.05, 3.63) is 96.7 Å². The van der Waals surface area contributed by atoms with E-state index in [0.717, 1.165) is 33.8 Å². The zero-order chi connectivity index (χ0) is 17.8. The Morgan fingerprint density at radius 3 is 1.92 bits per heavy atom. The van der Waals surface area contributed by atoms with Gasteiger partial charge < -0.3 is 0 Å². The van der Waals surface area contributed by atoms with E-state index < -0.39 is 0 Å². The van der Waals surface area contributed by atoms with Crippen LogP contribution in [0.15, 0.2) is 91.1 Å². The van der Waals surface area contributed by atoms with Gasteiger partial charge in [0.05, 0.1) is 34.9 Å². The fraction of sp³-hybridized carbons (Fsp3) is 0. The fourth-order valence-corrected chi connectivity index (χ4v) is 2.88. The van der Waals surface area contributed by atoms with Gasteiger partial charge in [0.25, 0.3) is 0 Å². The molecule has 0 aliphatic rings. The lowest BCUT2D eigenvalue weighted by Crippen LogP contribution is -1.96. The molecule has 3 nitrogen and oxygen atoms in total. The second-order valence-electron chi connectivity index (χ2n) is 5.88. The van der Waals surface area contributed by atoms with Crippen molar-refractivity contribution in [2.24, 2.45) is 0 Å². The molecule has 26 heavy (non-hydrogen) atoms. The average Bonchev–Trinajstić information content (AvgIpc) is 2.74. The van der Waals surface area contributed by atoms with Crippen molar-refractivity contribution in [2.45, 2.75) is 0 Å². The van der Waals surface area contributed by atoms with Gasteiger partial charge >= 0.3 is 0 Å². The third kappa shape index (κ3) is 3.09. The fourth-order valence-electron chi connectivity index (χ4n) is 2.88. The lowest BCUT2D eigenvalue weighted by atomic mass is 10.0. The largest absolute Gasteiger partial charge is 0.252 e. The normalized spacial score (nSPS) is 10.3. The molecule has 0 saturated heterocycles. The van der Waals surface area contributed by atoms with Crippen molar-refractivity contribution in [3.8, 4) is 39.8 Å². The molecule has 0 N–H and O–H groups in total. The number of benzene rings is 3. The van der Waals surface area contributed by atoms with E-state index in [9.17, 15) is 0 Å². The standard InChI is InChI=1S/C23H15N3/c24-15-17-8-7-13-20(14-17)21-16-25-22(18-9-3-1-4-10-18)23(26-21)19-11-5-2-6-12-19/h1-14,16H. The van der Waals surface area contributed by atoms with E-state index in [4.69, 9.17) is 15.2 Å². The van der Waals surface area contributed by atoms with E-state index in [2.05, 4.69) is 6.07 Å². The minimum absolute atomic E-state index is 0.609. The van der Waals surface area contributed by atoms with Gasteiger partial charge in [0.1, 0.15) is 0 Å². The van der Waals surface area contributed by atoms with Crippen LogP contribution >= 0.6 is 0 Å². The van der Waals surface area contributed by atoms with Gasteiger partial charge in [0.2, 0.25) is 0 Å². The Balaban J connectivity index is 1.91. The maximum Gasteiger partial charge on any atom is 0.0991 e. The molecule has 122 valence electrons. The molecule has 0 aliphatic carbocycles. The van der Waals surface area contributed by atoms with Gasteiger partial charge in [-0.3, -0.25) is 4.98 Å². The molecule has 1 aromatic heterocycles. The highest BCUT2D eigenvalue weighted by Crippen LogP contribution is 2.31. The first kappa shape index (κ1) is 15.7. The lowest BCUT2D eigenvalue weighted by molar-refractivity contribution is 1.21. The monoisotopic (exact) mass is 333 g/mol. The third-order valence-electron chi connectivity index (χ3n) is 4.15. The SMILES string of the molecule is N#Cc1cccc(-c2cnc(-c3ccccc3)c(-c3ccccc3)n2)c1. The summed E-state index contributed by atoms with van der Waals surface area (Å²) >= 11 is 0. The summed E-state index contributed by atoms with van der Waals surface area (Å²) in [5.41, 5.74) is 5.95. The quantitative estimate of drug-likeness (QED) is 0.508. The summed E-state index contributed by atoms with van der Waals surface area (Å²) in [5.74, 6) is 0. The predicted molar refractivity (Wildman–Crippen MR) is 103 cm³/mol. The molecule has 3 aromatic carbocycles. The number of hydrogen-bond acceptors (Lipinski definition) is 3. The number of rotatable bonds is 3. The van der Waals surface area contributed by atoms with E-state index in [-0.39, 0.29) is 0 Å². The molecule has 1 heterocycles. The van der Waals surface area contributed by atoms with Crippen LogP contribution in [-0.2, 0) is 0 Å². The predicted octanol–water partition coefficient (Wildman–Crippen LogP) is 5.35. The summed E-state index contributed by atoms with van der Waals surface area (Å²) in [5, 5.41) is 9.15. The maximum atomic E-state index is 9.15. The van der Waals surface area contributed by atoms with Crippen LogP contribution in [0.3, 0.4) is 0 Å². The first-order valence-corrected chi connectivity index (χ1v) is 8.33. The van der Waals surface area contributed by atoms with Crippen LogP contribution in [-0.4, -0.2) is 9.97 Å². The topological polar surface area (TPSA) is 49.6 Å². The molecule has 0 fully saturated rings. The zero-order valence-corrected chi connectivity index (χ0v) is 14.0. The average molecular weight is 333 g/mol. The van der Waals surface area contributed by atoms with Gasteiger partial charge in [-0.05, 0) is 12.1 Å². The van der Waals surface area contributed by atoms with Gasteiger partial charge in [-0.1, -0.05) is 72.8 Å². The van der Waals surface area contributed by atoms with Crippen molar-refractivity contribution in [1.29, 1.82) is 5.26 Å². The number of aromatic nitrogens is 2. The van der Waals surface area contributed by atoms with Crippen molar-refractivity contribution in [3.63, 3.8) is 0 Å². The Kier molecular flexibility index (Phi) is 4.24. The van der Waals surface area contributed by atoms with E-state index in [1.54, 1.807) is 12.3 Å². The van der Waals surface area contributed by atoms with Crippen LogP contribution in [0.5, 0.6) is 0 Å². The molecule has 0 unspecified atom stereocenters. The summed E-state index contributed by atoms with van der Waals surface area (Å²) in [6.07, 6.45) is 1.77. The first-order valence-electron chi connectivity index (χ1n) is 8.33. The minimum atomic E-state index is 0.609. The third-order valence-corrected chi connectivity index (χ3v) is 4.15. The van der Waals surface area contributed by atoms with Crippen LogP contribution in [0, 0.1) is 11.3 Å². The molecule has 0 aliphatic heterocycles. The summed E-state index contributed by atoms with van der Waals surface area (Å²) in [7, 11) is 0. The molecule has 0 radical (unpaired) electrons. The van der Waals surface area contributed by atoms with Crippen molar-refractivity contribution in [2.75, 3.05) is 0 Å². The van der Waals surface area contributed by atoms with Crippen molar-refractivity contribution in [1.82, 2.24) is 9.97 Å². The molecule has 0 saturated carbocycles. The van der Waals surface area contributed by atoms with E-state index in [1.165, 1.54) is 0 Å². The molecule has 4 aromatic rings. The Bertz CT molecular complexity index is 1080. The molecule has 0 amide bonds. The zero-order valence-electron chi connectivity index (χ0n) is 14.0. The summed E-state index contributed by atoms with van der Waals surface area (Å²) < 4.78 is 0. The van der Waals surface area contributed by atoms with Crippen molar-refractivity contribution < 1.29 is 0 Å². The number of nitriles is 1. The van der Waals surface area contributed by atoms with E-state index >= 15 is 0 Å². The van der Waals surface area contributed by atoms with Crippen LogP contribution in [0.1, 0.15) is 5.56 Å². The Labute approximate surface area is 152 Å². The molecule has 4 rings (SSSR count). The molecule has 3 heteroatoms. The molecule has 0 bridgehead atoms. The lowest BCUT2D eigenvalue weighted by Gasteiger charge is -2.11. The highest BCUT2D eigenvalue weighted by Gasteiger charge is 2.13. The van der Waals surface area contributed by atoms with Crippen LogP contribution in [0.4, 0.5) is 0 Å². The number of hydrogen-bond donors (Lipinski definition) is 0. The van der Waals surface area contributed by atoms with Gasteiger partial charge in [-0.15, -0.1) is 0 Å². The number of nitrogens with zero attached hydrogens (tertiary/aromatic N) is 3. The molecule has 0 spiro atoms. The molecular weight excluding hydrogens is 318 g/mol. The minimum Gasteiger partial charge on any atom is -0.252 e. The second kappa shape index (κ2) is 7.00. The Morgan fingerprint density at radius 1 is 0.654 bits per heavy atom.